The number of hydrogen-bond acceptors (Lipinski definition) is 5. The highest BCUT2D eigenvalue weighted by atomic mass is 16.5. The standard InChI is InChI=1S/C23H29N3O5/c1-3-31-23(30)16-9-12-24(13-10-16)19(27)14-26-20-15(2)6-4-7-17(20)21(28)25-11-5-8-18(25)22(26)29/h4,6-7,16,18H,3,5,8-14H2,1-2H3/t18-/m0/s1. The first-order chi connectivity index (χ1) is 14.9. The lowest BCUT2D eigenvalue weighted by Gasteiger charge is -2.33. The molecule has 0 saturated carbocycles. The number of carbonyl (C=O) groups is 4. The summed E-state index contributed by atoms with van der Waals surface area (Å²) < 4.78 is 5.10. The van der Waals surface area contributed by atoms with Gasteiger partial charge in [-0.05, 0) is 51.2 Å². The van der Waals surface area contributed by atoms with E-state index in [4.69, 9.17) is 4.74 Å². The lowest BCUT2D eigenvalue weighted by atomic mass is 9.97. The summed E-state index contributed by atoms with van der Waals surface area (Å²) in [5.41, 5.74) is 1.82. The van der Waals surface area contributed by atoms with Gasteiger partial charge < -0.3 is 19.4 Å². The largest absolute Gasteiger partial charge is 0.466 e. The molecule has 3 amide bonds. The smallest absolute Gasteiger partial charge is 0.309 e. The van der Waals surface area contributed by atoms with Crippen LogP contribution in [0.1, 0.15) is 48.5 Å². The number of rotatable bonds is 4. The van der Waals surface area contributed by atoms with Crippen molar-refractivity contribution in [2.45, 2.75) is 45.6 Å². The first kappa shape index (κ1) is 21.3. The molecule has 0 unspecified atom stereocenters. The summed E-state index contributed by atoms with van der Waals surface area (Å²) in [6.07, 6.45) is 2.52. The van der Waals surface area contributed by atoms with Gasteiger partial charge in [-0.1, -0.05) is 12.1 Å². The molecule has 3 aliphatic rings. The summed E-state index contributed by atoms with van der Waals surface area (Å²) in [4.78, 5) is 56.5. The quantitative estimate of drug-likeness (QED) is 0.684. The van der Waals surface area contributed by atoms with Gasteiger partial charge >= 0.3 is 5.97 Å². The van der Waals surface area contributed by atoms with Crippen LogP contribution in [-0.4, -0.2) is 72.3 Å². The van der Waals surface area contributed by atoms with Crippen molar-refractivity contribution in [3.05, 3.63) is 29.3 Å². The Hall–Kier alpha value is -2.90. The van der Waals surface area contributed by atoms with E-state index < -0.39 is 6.04 Å². The second-order valence-electron chi connectivity index (χ2n) is 8.46. The fourth-order valence-electron chi connectivity index (χ4n) is 4.92. The molecule has 1 aromatic carbocycles. The highest BCUT2D eigenvalue weighted by Gasteiger charge is 2.43. The van der Waals surface area contributed by atoms with Gasteiger partial charge in [0, 0.05) is 19.6 Å². The third kappa shape index (κ3) is 3.91. The molecule has 0 aliphatic carbocycles. The summed E-state index contributed by atoms with van der Waals surface area (Å²) >= 11 is 0. The molecule has 0 radical (unpaired) electrons. The number of aryl methyl sites for hydroxylation is 1. The normalized spacial score (nSPS) is 21.6. The fraction of sp³-hybridized carbons (Fsp3) is 0.565. The number of piperidine rings is 1. The number of hydrogen-bond donors (Lipinski definition) is 0. The molecule has 0 bridgehead atoms. The van der Waals surface area contributed by atoms with E-state index >= 15 is 0 Å². The van der Waals surface area contributed by atoms with Crippen LogP contribution >= 0.6 is 0 Å². The Labute approximate surface area is 182 Å². The molecule has 1 atom stereocenters. The van der Waals surface area contributed by atoms with Gasteiger partial charge in [0.05, 0.1) is 23.8 Å². The lowest BCUT2D eigenvalue weighted by molar-refractivity contribution is -0.151. The number of carbonyl (C=O) groups excluding carboxylic acids is 4. The first-order valence-corrected chi connectivity index (χ1v) is 11.1. The van der Waals surface area contributed by atoms with Gasteiger partial charge in [-0.15, -0.1) is 0 Å². The summed E-state index contributed by atoms with van der Waals surface area (Å²) in [5.74, 6) is -0.879. The van der Waals surface area contributed by atoms with Gasteiger partial charge in [0.15, 0.2) is 0 Å². The maximum atomic E-state index is 13.4. The molecule has 4 rings (SSSR count). The van der Waals surface area contributed by atoms with Crippen LogP contribution in [0.5, 0.6) is 0 Å². The monoisotopic (exact) mass is 427 g/mol. The Morgan fingerprint density at radius 2 is 1.84 bits per heavy atom. The van der Waals surface area contributed by atoms with Crippen LogP contribution in [0.25, 0.3) is 0 Å². The minimum absolute atomic E-state index is 0.0988. The molecule has 3 aliphatic heterocycles. The van der Waals surface area contributed by atoms with Gasteiger partial charge in [-0.2, -0.15) is 0 Å². The number of nitrogens with zero attached hydrogens (tertiary/aromatic N) is 3. The highest BCUT2D eigenvalue weighted by molar-refractivity contribution is 6.13. The second-order valence-corrected chi connectivity index (χ2v) is 8.46. The van der Waals surface area contributed by atoms with E-state index in [9.17, 15) is 19.2 Å². The van der Waals surface area contributed by atoms with Gasteiger partial charge in [0.25, 0.3) is 5.91 Å². The molecule has 2 saturated heterocycles. The molecule has 166 valence electrons. The number of anilines is 1. The SMILES string of the molecule is CCOC(=O)C1CCN(C(=O)CN2C(=O)[C@@H]3CCCN3C(=O)c3cccc(C)c32)CC1. The summed E-state index contributed by atoms with van der Waals surface area (Å²) in [7, 11) is 0. The molecule has 31 heavy (non-hydrogen) atoms. The average Bonchev–Trinajstić information content (AvgIpc) is 3.24. The minimum atomic E-state index is -0.512. The lowest BCUT2D eigenvalue weighted by Crippen LogP contribution is -2.50. The Morgan fingerprint density at radius 1 is 1.10 bits per heavy atom. The third-order valence-corrected chi connectivity index (χ3v) is 6.56. The molecular formula is C23H29N3O5. The van der Waals surface area contributed by atoms with Crippen molar-refractivity contribution >= 4 is 29.4 Å². The van der Waals surface area contributed by atoms with Crippen LogP contribution in [0, 0.1) is 12.8 Å². The van der Waals surface area contributed by atoms with Crippen molar-refractivity contribution in [1.82, 2.24) is 9.80 Å². The zero-order valence-corrected chi connectivity index (χ0v) is 18.1. The van der Waals surface area contributed by atoms with Crippen LogP contribution in [0.3, 0.4) is 0 Å². The maximum Gasteiger partial charge on any atom is 0.309 e. The maximum absolute atomic E-state index is 13.4. The van der Waals surface area contributed by atoms with Crippen LogP contribution in [0.15, 0.2) is 18.2 Å². The molecule has 8 heteroatoms. The predicted molar refractivity (Wildman–Crippen MR) is 114 cm³/mol. The van der Waals surface area contributed by atoms with Crippen molar-refractivity contribution in [3.63, 3.8) is 0 Å². The van der Waals surface area contributed by atoms with Crippen LogP contribution in [0.4, 0.5) is 5.69 Å². The summed E-state index contributed by atoms with van der Waals surface area (Å²) in [6, 6.07) is 4.90. The van der Waals surface area contributed by atoms with Crippen molar-refractivity contribution in [2.24, 2.45) is 5.92 Å². The van der Waals surface area contributed by atoms with Crippen molar-refractivity contribution in [3.8, 4) is 0 Å². The van der Waals surface area contributed by atoms with Crippen LogP contribution < -0.4 is 4.90 Å². The summed E-state index contributed by atoms with van der Waals surface area (Å²) in [6.45, 7) is 5.37. The van der Waals surface area contributed by atoms with Gasteiger partial charge in [0.1, 0.15) is 12.6 Å². The molecule has 0 spiro atoms. The topological polar surface area (TPSA) is 87.2 Å². The fourth-order valence-corrected chi connectivity index (χ4v) is 4.92. The molecule has 0 N–H and O–H groups in total. The van der Waals surface area contributed by atoms with E-state index in [1.54, 1.807) is 22.8 Å². The summed E-state index contributed by atoms with van der Waals surface area (Å²) in [5, 5.41) is 0. The predicted octanol–water partition coefficient (Wildman–Crippen LogP) is 1.75. The van der Waals surface area contributed by atoms with Gasteiger partial charge in [-0.25, -0.2) is 0 Å². The van der Waals surface area contributed by atoms with E-state index in [0.717, 1.165) is 12.0 Å². The number of benzene rings is 1. The van der Waals surface area contributed by atoms with Crippen LogP contribution in [-0.2, 0) is 19.1 Å². The number of esters is 1. The third-order valence-electron chi connectivity index (χ3n) is 6.56. The molecule has 2 fully saturated rings. The minimum Gasteiger partial charge on any atom is -0.466 e. The second kappa shape index (κ2) is 8.69. The number of fused-ring (bicyclic) bond motifs is 2. The van der Waals surface area contributed by atoms with E-state index in [1.165, 1.54) is 4.90 Å². The molecule has 0 aromatic heterocycles. The van der Waals surface area contributed by atoms with E-state index in [-0.39, 0.29) is 36.2 Å². The van der Waals surface area contributed by atoms with Crippen molar-refractivity contribution in [2.75, 3.05) is 37.7 Å². The number of amides is 3. The van der Waals surface area contributed by atoms with Crippen molar-refractivity contribution < 1.29 is 23.9 Å². The highest BCUT2D eigenvalue weighted by Crippen LogP contribution is 2.34. The Kier molecular flexibility index (Phi) is 5.98. The zero-order valence-electron chi connectivity index (χ0n) is 18.1. The number of ether oxygens (including phenoxy) is 1. The molecule has 3 heterocycles. The Morgan fingerprint density at radius 3 is 2.55 bits per heavy atom. The Balaban J connectivity index is 1.54. The van der Waals surface area contributed by atoms with Gasteiger partial charge in [-0.3, -0.25) is 19.2 Å². The van der Waals surface area contributed by atoms with E-state index in [0.29, 0.717) is 56.8 Å². The molecule has 8 nitrogen and oxygen atoms in total. The number of likely N-dealkylation sites (tertiary alicyclic amines) is 1. The zero-order chi connectivity index (χ0) is 22.1. The molecule has 1 aromatic rings. The van der Waals surface area contributed by atoms with E-state index in [1.807, 2.05) is 19.1 Å². The van der Waals surface area contributed by atoms with Gasteiger partial charge in [0.2, 0.25) is 11.8 Å². The Bertz CT molecular complexity index is 906. The number of para-hydroxylation sites is 1. The van der Waals surface area contributed by atoms with Crippen LogP contribution in [0.2, 0.25) is 0 Å². The van der Waals surface area contributed by atoms with E-state index in [2.05, 4.69) is 0 Å². The molecular weight excluding hydrogens is 398 g/mol. The first-order valence-electron chi connectivity index (χ1n) is 11.1. The average molecular weight is 428 g/mol. The van der Waals surface area contributed by atoms with Crippen molar-refractivity contribution in [1.29, 1.82) is 0 Å².